The lowest BCUT2D eigenvalue weighted by molar-refractivity contribution is -0.185. The smallest absolute Gasteiger partial charge is 0.302 e. The zero-order valence-electron chi connectivity index (χ0n) is 16.6. The van der Waals surface area contributed by atoms with Gasteiger partial charge in [-0.3, -0.25) is 14.4 Å². The molecule has 7 atom stereocenters. The van der Waals surface area contributed by atoms with Gasteiger partial charge in [0.1, 0.15) is 17.7 Å². The van der Waals surface area contributed by atoms with Crippen molar-refractivity contribution < 1.29 is 19.1 Å². The quantitative estimate of drug-likeness (QED) is 0.661. The topological polar surface area (TPSA) is 60.4 Å². The summed E-state index contributed by atoms with van der Waals surface area (Å²) in [7, 11) is 0. The molecule has 144 valence electrons. The Morgan fingerprint density at radius 2 is 1.77 bits per heavy atom. The van der Waals surface area contributed by atoms with Crippen LogP contribution >= 0.6 is 0 Å². The summed E-state index contributed by atoms with van der Waals surface area (Å²) in [4.78, 5) is 37.3. The van der Waals surface area contributed by atoms with Crippen LogP contribution in [0.2, 0.25) is 0 Å². The normalized spacial score (nSPS) is 50.6. The highest BCUT2D eigenvalue weighted by molar-refractivity contribution is 5.90. The van der Waals surface area contributed by atoms with Gasteiger partial charge < -0.3 is 4.74 Å². The summed E-state index contributed by atoms with van der Waals surface area (Å²) in [6.45, 7) is 8.20. The number of hydrogen-bond donors (Lipinski definition) is 0. The Labute approximate surface area is 156 Å². The molecule has 4 heteroatoms. The van der Waals surface area contributed by atoms with Gasteiger partial charge in [0.15, 0.2) is 0 Å². The zero-order valence-corrected chi connectivity index (χ0v) is 16.6. The molecule has 0 aromatic heterocycles. The molecule has 0 radical (unpaired) electrons. The van der Waals surface area contributed by atoms with Gasteiger partial charge in [0.25, 0.3) is 0 Å². The van der Waals surface area contributed by atoms with Crippen molar-refractivity contribution in [3.8, 4) is 0 Å². The Morgan fingerprint density at radius 1 is 1.04 bits per heavy atom. The first kappa shape index (κ1) is 18.2. The fraction of sp³-hybridized carbons (Fsp3) is 0.864. The molecule has 0 unspecified atom stereocenters. The van der Waals surface area contributed by atoms with Gasteiger partial charge in [-0.2, -0.15) is 0 Å². The molecule has 0 heterocycles. The van der Waals surface area contributed by atoms with Crippen molar-refractivity contribution >= 4 is 17.5 Å². The molecule has 4 aliphatic carbocycles. The van der Waals surface area contributed by atoms with Gasteiger partial charge in [-0.1, -0.05) is 20.8 Å². The first-order chi connectivity index (χ1) is 12.1. The first-order valence-electron chi connectivity index (χ1n) is 10.3. The average Bonchev–Trinajstić information content (AvgIpc) is 2.84. The van der Waals surface area contributed by atoms with E-state index in [1.807, 2.05) is 0 Å². The summed E-state index contributed by atoms with van der Waals surface area (Å²) >= 11 is 0. The van der Waals surface area contributed by atoms with E-state index in [-0.39, 0.29) is 40.2 Å². The van der Waals surface area contributed by atoms with Crippen LogP contribution in [-0.2, 0) is 19.1 Å². The minimum atomic E-state index is -0.268. The van der Waals surface area contributed by atoms with Crippen LogP contribution in [0, 0.1) is 34.0 Å². The highest BCUT2D eigenvalue weighted by atomic mass is 16.5. The Morgan fingerprint density at radius 3 is 2.46 bits per heavy atom. The van der Waals surface area contributed by atoms with Gasteiger partial charge in [-0.05, 0) is 61.2 Å². The van der Waals surface area contributed by atoms with E-state index in [0.29, 0.717) is 30.3 Å². The number of carbonyl (C=O) groups excluding carboxylic acids is 3. The van der Waals surface area contributed by atoms with E-state index < -0.39 is 0 Å². The summed E-state index contributed by atoms with van der Waals surface area (Å²) in [6, 6.07) is 0. The van der Waals surface area contributed by atoms with E-state index in [9.17, 15) is 14.4 Å². The SMILES string of the molecule is CC(=O)O[C@H]1CC[C@]2(C)[C@H]3CC[C@]4(C)C(=O)CC[C@H]4[C@@H]3C(=O)C[C@@]2(C)C1. The van der Waals surface area contributed by atoms with Gasteiger partial charge in [-0.15, -0.1) is 0 Å². The van der Waals surface area contributed by atoms with E-state index in [2.05, 4.69) is 20.8 Å². The summed E-state index contributed by atoms with van der Waals surface area (Å²) in [5.74, 6) is 1.20. The van der Waals surface area contributed by atoms with Gasteiger partial charge in [-0.25, -0.2) is 0 Å². The van der Waals surface area contributed by atoms with E-state index in [1.54, 1.807) is 0 Å². The number of ether oxygens (including phenoxy) is 1. The minimum Gasteiger partial charge on any atom is -0.463 e. The second-order valence-corrected chi connectivity index (χ2v) is 10.3. The molecule has 0 aliphatic heterocycles. The van der Waals surface area contributed by atoms with E-state index in [4.69, 9.17) is 4.74 Å². The van der Waals surface area contributed by atoms with Crippen LogP contribution in [0.3, 0.4) is 0 Å². The van der Waals surface area contributed by atoms with Crippen molar-refractivity contribution in [2.24, 2.45) is 34.0 Å². The molecule has 4 nitrogen and oxygen atoms in total. The van der Waals surface area contributed by atoms with Crippen molar-refractivity contribution in [2.45, 2.75) is 85.2 Å². The lowest BCUT2D eigenvalue weighted by Gasteiger charge is -2.63. The van der Waals surface area contributed by atoms with E-state index in [1.165, 1.54) is 6.92 Å². The predicted octanol–water partition coefficient (Wildman–Crippen LogP) is 4.10. The lowest BCUT2D eigenvalue weighted by atomic mass is 9.40. The van der Waals surface area contributed by atoms with Crippen LogP contribution in [0.1, 0.15) is 79.1 Å². The molecular weight excluding hydrogens is 328 g/mol. The third kappa shape index (κ3) is 2.29. The molecule has 4 rings (SSSR count). The molecule has 26 heavy (non-hydrogen) atoms. The van der Waals surface area contributed by atoms with Gasteiger partial charge >= 0.3 is 5.97 Å². The number of esters is 1. The van der Waals surface area contributed by atoms with Crippen LogP contribution in [0.5, 0.6) is 0 Å². The number of hydrogen-bond acceptors (Lipinski definition) is 4. The van der Waals surface area contributed by atoms with Crippen molar-refractivity contribution in [1.29, 1.82) is 0 Å². The van der Waals surface area contributed by atoms with Crippen LogP contribution in [0.25, 0.3) is 0 Å². The molecule has 4 saturated carbocycles. The van der Waals surface area contributed by atoms with E-state index in [0.717, 1.165) is 38.5 Å². The van der Waals surface area contributed by atoms with Crippen molar-refractivity contribution in [3.63, 3.8) is 0 Å². The maximum Gasteiger partial charge on any atom is 0.302 e. The molecule has 0 amide bonds. The second kappa shape index (κ2) is 5.65. The zero-order chi connectivity index (χ0) is 18.9. The third-order valence-corrected chi connectivity index (χ3v) is 9.11. The maximum atomic E-state index is 13.3. The minimum absolute atomic E-state index is 0.0585. The molecule has 4 aliphatic rings. The first-order valence-corrected chi connectivity index (χ1v) is 10.3. The highest BCUT2D eigenvalue weighted by Gasteiger charge is 2.66. The second-order valence-electron chi connectivity index (χ2n) is 10.3. The number of ketones is 2. The Bertz CT molecular complexity index is 669. The standard InChI is InChI=1S/C22H32O4/c1-13(23)26-14-7-10-22(4)16-8-9-21(3)15(5-6-18(21)25)19(16)17(24)12-20(22,2)11-14/h14-16,19H,5-12H2,1-4H3/t14-,15-,16-,19-,20+,21-,22+/m0/s1. The van der Waals surface area contributed by atoms with Crippen LogP contribution in [0.15, 0.2) is 0 Å². The Kier molecular flexibility index (Phi) is 3.95. The molecule has 0 N–H and O–H groups in total. The van der Waals surface area contributed by atoms with Crippen LogP contribution in [-0.4, -0.2) is 23.6 Å². The van der Waals surface area contributed by atoms with Crippen molar-refractivity contribution in [1.82, 2.24) is 0 Å². The maximum absolute atomic E-state index is 13.3. The van der Waals surface area contributed by atoms with E-state index >= 15 is 0 Å². The molecule has 4 fully saturated rings. The van der Waals surface area contributed by atoms with Gasteiger partial charge in [0.05, 0.1) is 0 Å². The molecule has 0 spiro atoms. The Balaban J connectivity index is 1.66. The molecule has 0 bridgehead atoms. The summed E-state index contributed by atoms with van der Waals surface area (Å²) < 4.78 is 5.53. The van der Waals surface area contributed by atoms with Crippen molar-refractivity contribution in [2.75, 3.05) is 0 Å². The van der Waals surface area contributed by atoms with Crippen LogP contribution in [0.4, 0.5) is 0 Å². The number of fused-ring (bicyclic) bond motifs is 5. The monoisotopic (exact) mass is 360 g/mol. The summed E-state index contributed by atoms with van der Waals surface area (Å²) in [5.41, 5.74) is -0.287. The number of carbonyl (C=O) groups is 3. The fourth-order valence-corrected chi connectivity index (χ4v) is 7.42. The van der Waals surface area contributed by atoms with Crippen molar-refractivity contribution in [3.05, 3.63) is 0 Å². The lowest BCUT2D eigenvalue weighted by Crippen LogP contribution is -2.61. The number of Topliss-reactive ketones (excluding diaryl/α,β-unsaturated/α-hetero) is 2. The fourth-order valence-electron chi connectivity index (χ4n) is 7.42. The molecule has 0 aromatic rings. The predicted molar refractivity (Wildman–Crippen MR) is 97.3 cm³/mol. The summed E-state index contributed by atoms with van der Waals surface area (Å²) in [5, 5.41) is 0. The van der Waals surface area contributed by atoms with Gasteiger partial charge in [0.2, 0.25) is 0 Å². The number of rotatable bonds is 1. The largest absolute Gasteiger partial charge is 0.463 e. The Hall–Kier alpha value is -1.19. The van der Waals surface area contributed by atoms with Crippen LogP contribution < -0.4 is 0 Å². The molecular formula is C22H32O4. The third-order valence-electron chi connectivity index (χ3n) is 9.11. The molecule has 0 saturated heterocycles. The summed E-state index contributed by atoms with van der Waals surface area (Å²) in [6.07, 6.45) is 6.67. The highest BCUT2D eigenvalue weighted by Crippen LogP contribution is 2.68. The van der Waals surface area contributed by atoms with Gasteiger partial charge in [0, 0.05) is 31.1 Å². The molecule has 0 aromatic carbocycles. The average molecular weight is 360 g/mol.